The van der Waals surface area contributed by atoms with Crippen LogP contribution in [0.3, 0.4) is 0 Å². The van der Waals surface area contributed by atoms with Gasteiger partial charge >= 0.3 is 0 Å². The Labute approximate surface area is 196 Å². The highest BCUT2D eigenvalue weighted by Gasteiger charge is 2.24. The highest BCUT2D eigenvalue weighted by atomic mass is 32.2. The van der Waals surface area contributed by atoms with E-state index < -0.39 is 0 Å². The molecule has 5 rings (SSSR count). The van der Waals surface area contributed by atoms with E-state index in [2.05, 4.69) is 53.0 Å². The fourth-order valence-corrected chi connectivity index (χ4v) is 6.17. The molecule has 32 heavy (non-hydrogen) atoms. The van der Waals surface area contributed by atoms with Crippen molar-refractivity contribution in [1.29, 1.82) is 0 Å². The lowest BCUT2D eigenvalue weighted by Crippen LogP contribution is -2.48. The van der Waals surface area contributed by atoms with Gasteiger partial charge in [-0.1, -0.05) is 42.1 Å². The SMILES string of the molecule is Cc1sc2ncnc(Sc3ccccc3C(=O)N3CCN(c4ccccc4)CC3)c2c1C. The number of hydrogen-bond acceptors (Lipinski definition) is 6. The number of hydrogen-bond donors (Lipinski definition) is 0. The zero-order chi connectivity index (χ0) is 22.1. The van der Waals surface area contributed by atoms with Crippen molar-refractivity contribution in [1.82, 2.24) is 14.9 Å². The number of aromatic nitrogens is 2. The van der Waals surface area contributed by atoms with Crippen molar-refractivity contribution in [2.45, 2.75) is 23.8 Å². The smallest absolute Gasteiger partial charge is 0.255 e. The summed E-state index contributed by atoms with van der Waals surface area (Å²) in [6.07, 6.45) is 1.62. The molecule has 0 unspecified atom stereocenters. The molecule has 2 aromatic carbocycles. The molecule has 0 atom stereocenters. The van der Waals surface area contributed by atoms with Crippen LogP contribution in [0.2, 0.25) is 0 Å². The van der Waals surface area contributed by atoms with Crippen LogP contribution < -0.4 is 4.90 Å². The molecule has 1 aliphatic rings. The molecular weight excluding hydrogens is 436 g/mol. The summed E-state index contributed by atoms with van der Waals surface area (Å²) < 4.78 is 0. The molecule has 0 saturated carbocycles. The summed E-state index contributed by atoms with van der Waals surface area (Å²) >= 11 is 3.25. The van der Waals surface area contributed by atoms with E-state index in [1.54, 1.807) is 29.4 Å². The molecule has 3 heterocycles. The van der Waals surface area contributed by atoms with Crippen LogP contribution in [0.4, 0.5) is 5.69 Å². The molecular formula is C25H24N4OS2. The van der Waals surface area contributed by atoms with Gasteiger partial charge in [0.25, 0.3) is 5.91 Å². The van der Waals surface area contributed by atoms with E-state index in [1.807, 2.05) is 35.2 Å². The number of para-hydroxylation sites is 1. The minimum absolute atomic E-state index is 0.0873. The summed E-state index contributed by atoms with van der Waals surface area (Å²) in [4.78, 5) is 29.9. The maximum absolute atomic E-state index is 13.5. The molecule has 7 heteroatoms. The number of carbonyl (C=O) groups is 1. The van der Waals surface area contributed by atoms with Crippen molar-refractivity contribution >= 4 is 44.9 Å². The van der Waals surface area contributed by atoms with Crippen molar-refractivity contribution in [3.05, 3.63) is 76.9 Å². The Morgan fingerprint density at radius 2 is 1.66 bits per heavy atom. The molecule has 0 radical (unpaired) electrons. The van der Waals surface area contributed by atoms with Crippen molar-refractivity contribution in [3.8, 4) is 0 Å². The molecule has 1 saturated heterocycles. The molecule has 162 valence electrons. The first kappa shape index (κ1) is 21.0. The number of anilines is 1. The van der Waals surface area contributed by atoms with Crippen LogP contribution in [-0.4, -0.2) is 47.0 Å². The largest absolute Gasteiger partial charge is 0.368 e. The van der Waals surface area contributed by atoms with Crippen LogP contribution in [0, 0.1) is 13.8 Å². The second-order valence-electron chi connectivity index (χ2n) is 7.86. The fraction of sp³-hybridized carbons (Fsp3) is 0.240. The highest BCUT2D eigenvalue weighted by molar-refractivity contribution is 7.99. The van der Waals surface area contributed by atoms with Gasteiger partial charge in [0.05, 0.1) is 5.56 Å². The molecule has 1 fully saturated rings. The van der Waals surface area contributed by atoms with Gasteiger partial charge in [-0.05, 0) is 43.7 Å². The monoisotopic (exact) mass is 460 g/mol. The minimum atomic E-state index is 0.0873. The molecule has 0 aliphatic carbocycles. The number of thiophene rings is 1. The Hall–Kier alpha value is -2.90. The summed E-state index contributed by atoms with van der Waals surface area (Å²) in [5.74, 6) is 0.0873. The number of piperazine rings is 1. The van der Waals surface area contributed by atoms with Crippen LogP contribution in [-0.2, 0) is 0 Å². The molecule has 0 spiro atoms. The van der Waals surface area contributed by atoms with Crippen molar-refractivity contribution in [2.24, 2.45) is 0 Å². The topological polar surface area (TPSA) is 49.3 Å². The number of carbonyl (C=O) groups excluding carboxylic acids is 1. The summed E-state index contributed by atoms with van der Waals surface area (Å²) in [6, 6.07) is 18.3. The maximum Gasteiger partial charge on any atom is 0.255 e. The lowest BCUT2D eigenvalue weighted by Gasteiger charge is -2.36. The van der Waals surface area contributed by atoms with Crippen molar-refractivity contribution in [3.63, 3.8) is 0 Å². The number of aryl methyl sites for hydroxylation is 2. The predicted molar refractivity (Wildman–Crippen MR) is 132 cm³/mol. The predicted octanol–water partition coefficient (Wildman–Crippen LogP) is 5.42. The molecule has 0 N–H and O–H groups in total. The Morgan fingerprint density at radius 3 is 2.44 bits per heavy atom. The highest BCUT2D eigenvalue weighted by Crippen LogP contribution is 2.38. The number of amides is 1. The first-order valence-electron chi connectivity index (χ1n) is 10.7. The molecule has 4 aromatic rings. The number of fused-ring (bicyclic) bond motifs is 1. The summed E-state index contributed by atoms with van der Waals surface area (Å²) in [5, 5.41) is 2.00. The average Bonchev–Trinajstić information content (AvgIpc) is 3.14. The molecule has 1 aliphatic heterocycles. The van der Waals surface area contributed by atoms with E-state index in [0.717, 1.165) is 38.8 Å². The summed E-state index contributed by atoms with van der Waals surface area (Å²) in [5.41, 5.74) is 3.17. The van der Waals surface area contributed by atoms with Crippen LogP contribution >= 0.6 is 23.1 Å². The average molecular weight is 461 g/mol. The van der Waals surface area contributed by atoms with E-state index >= 15 is 0 Å². The number of benzene rings is 2. The van der Waals surface area contributed by atoms with E-state index in [4.69, 9.17) is 0 Å². The van der Waals surface area contributed by atoms with E-state index in [9.17, 15) is 4.79 Å². The lowest BCUT2D eigenvalue weighted by molar-refractivity contribution is 0.0743. The number of nitrogens with zero attached hydrogens (tertiary/aromatic N) is 4. The van der Waals surface area contributed by atoms with Gasteiger partial charge in [0.1, 0.15) is 16.2 Å². The zero-order valence-electron chi connectivity index (χ0n) is 18.1. The Morgan fingerprint density at radius 1 is 0.938 bits per heavy atom. The van der Waals surface area contributed by atoms with Gasteiger partial charge in [-0.3, -0.25) is 4.79 Å². The van der Waals surface area contributed by atoms with Crippen LogP contribution in [0.15, 0.2) is 70.8 Å². The third-order valence-corrected chi connectivity index (χ3v) is 8.14. The van der Waals surface area contributed by atoms with Crippen molar-refractivity contribution < 1.29 is 4.79 Å². The van der Waals surface area contributed by atoms with E-state index in [1.165, 1.54) is 16.1 Å². The first-order chi connectivity index (χ1) is 15.6. The van der Waals surface area contributed by atoms with Gasteiger partial charge < -0.3 is 9.80 Å². The van der Waals surface area contributed by atoms with Crippen LogP contribution in [0.5, 0.6) is 0 Å². The fourth-order valence-electron chi connectivity index (χ4n) is 4.04. The normalized spacial score (nSPS) is 14.2. The zero-order valence-corrected chi connectivity index (χ0v) is 19.7. The molecule has 2 aromatic heterocycles. The van der Waals surface area contributed by atoms with Gasteiger partial charge in [-0.25, -0.2) is 9.97 Å². The Kier molecular flexibility index (Phi) is 5.85. The molecule has 5 nitrogen and oxygen atoms in total. The number of rotatable bonds is 4. The van der Waals surface area contributed by atoms with E-state index in [-0.39, 0.29) is 5.91 Å². The third-order valence-electron chi connectivity index (χ3n) is 5.94. The second kappa shape index (κ2) is 8.92. The van der Waals surface area contributed by atoms with Crippen molar-refractivity contribution in [2.75, 3.05) is 31.1 Å². The van der Waals surface area contributed by atoms with E-state index in [0.29, 0.717) is 13.1 Å². The third kappa shape index (κ3) is 3.98. The first-order valence-corrected chi connectivity index (χ1v) is 12.3. The Balaban J connectivity index is 1.37. The van der Waals surface area contributed by atoms with Gasteiger partial charge in [0.15, 0.2) is 0 Å². The minimum Gasteiger partial charge on any atom is -0.368 e. The van der Waals surface area contributed by atoms with Gasteiger partial charge in [-0.2, -0.15) is 0 Å². The van der Waals surface area contributed by atoms with Crippen LogP contribution in [0.25, 0.3) is 10.2 Å². The van der Waals surface area contributed by atoms with Gasteiger partial charge in [0, 0.05) is 47.0 Å². The molecule has 1 amide bonds. The second-order valence-corrected chi connectivity index (χ2v) is 10.1. The Bertz CT molecular complexity index is 1260. The van der Waals surface area contributed by atoms with Gasteiger partial charge in [0.2, 0.25) is 0 Å². The standard InChI is InChI=1S/C25H24N4OS2/c1-17-18(2)31-23-22(17)24(27-16-26-23)32-21-11-7-6-10-20(21)25(30)29-14-12-28(13-15-29)19-8-4-3-5-9-19/h3-11,16H,12-15H2,1-2H3. The summed E-state index contributed by atoms with van der Waals surface area (Å²) in [7, 11) is 0. The van der Waals surface area contributed by atoms with Gasteiger partial charge in [-0.15, -0.1) is 11.3 Å². The quantitative estimate of drug-likeness (QED) is 0.381. The lowest BCUT2D eigenvalue weighted by atomic mass is 10.1. The summed E-state index contributed by atoms with van der Waals surface area (Å²) in [6.45, 7) is 7.34. The molecule has 0 bridgehead atoms. The van der Waals surface area contributed by atoms with Crippen LogP contribution in [0.1, 0.15) is 20.8 Å². The maximum atomic E-state index is 13.5.